The molecule has 2 aliphatic carbocycles. The third-order valence-corrected chi connectivity index (χ3v) is 5.35. The summed E-state index contributed by atoms with van der Waals surface area (Å²) in [6, 6.07) is 7.75. The van der Waals surface area contributed by atoms with Crippen LogP contribution in [0.3, 0.4) is 0 Å². The summed E-state index contributed by atoms with van der Waals surface area (Å²) in [4.78, 5) is 26.6. The fourth-order valence-electron chi connectivity index (χ4n) is 4.34. The quantitative estimate of drug-likeness (QED) is 0.861. The second-order valence-corrected chi connectivity index (χ2v) is 6.68. The average Bonchev–Trinajstić information content (AvgIpc) is 3.06. The number of anilines is 1. The Bertz CT molecular complexity index is 598. The Morgan fingerprint density at radius 3 is 2.76 bits per heavy atom. The molecule has 4 rings (SSSR count). The maximum absolute atomic E-state index is 12.8. The van der Waals surface area contributed by atoms with Gasteiger partial charge in [-0.3, -0.25) is 9.59 Å². The van der Waals surface area contributed by atoms with Crippen molar-refractivity contribution in [3.8, 4) is 0 Å². The van der Waals surface area contributed by atoms with Crippen molar-refractivity contribution in [2.24, 2.45) is 17.8 Å². The van der Waals surface area contributed by atoms with Gasteiger partial charge in [0, 0.05) is 18.2 Å². The van der Waals surface area contributed by atoms with Crippen LogP contribution in [0.4, 0.5) is 5.69 Å². The number of hydrogen-bond acceptors (Lipinski definition) is 2. The van der Waals surface area contributed by atoms with Crippen LogP contribution in [0.25, 0.3) is 0 Å². The molecule has 1 aromatic rings. The number of fused-ring (bicyclic) bond motifs is 3. The lowest BCUT2D eigenvalue weighted by molar-refractivity contribution is -0.140. The number of nitrogens with one attached hydrogen (secondary N) is 1. The molecule has 1 aromatic carbocycles. The average molecular weight is 284 g/mol. The van der Waals surface area contributed by atoms with E-state index in [9.17, 15) is 9.59 Å². The fraction of sp³-hybridized carbons (Fsp3) is 0.529. The van der Waals surface area contributed by atoms with Crippen molar-refractivity contribution in [1.29, 1.82) is 0 Å². The molecule has 0 aromatic heterocycles. The van der Waals surface area contributed by atoms with Crippen molar-refractivity contribution in [1.82, 2.24) is 4.90 Å². The predicted molar refractivity (Wildman–Crippen MR) is 79.4 cm³/mol. The van der Waals surface area contributed by atoms with Crippen molar-refractivity contribution in [3.63, 3.8) is 0 Å². The third-order valence-electron chi connectivity index (χ3n) is 5.35. The van der Waals surface area contributed by atoms with Gasteiger partial charge in [0.1, 0.15) is 6.54 Å². The number of amides is 2. The van der Waals surface area contributed by atoms with Crippen LogP contribution >= 0.6 is 0 Å². The highest BCUT2D eigenvalue weighted by Gasteiger charge is 2.44. The smallest absolute Gasteiger partial charge is 0.244 e. The molecule has 1 N–H and O–H groups in total. The van der Waals surface area contributed by atoms with Gasteiger partial charge < -0.3 is 10.2 Å². The van der Waals surface area contributed by atoms with Gasteiger partial charge in [0.25, 0.3) is 0 Å². The van der Waals surface area contributed by atoms with Gasteiger partial charge in [0.15, 0.2) is 0 Å². The SMILES string of the molecule is O=C1CN(C(=O)C2CC3CCC2C3)Cc2ccccc2N1. The van der Waals surface area contributed by atoms with E-state index in [0.717, 1.165) is 23.6 Å². The van der Waals surface area contributed by atoms with Gasteiger partial charge in [-0.05, 0) is 42.7 Å². The lowest BCUT2D eigenvalue weighted by atomic mass is 9.87. The summed E-state index contributed by atoms with van der Waals surface area (Å²) in [6.45, 7) is 0.725. The molecule has 3 atom stereocenters. The van der Waals surface area contributed by atoms with Crippen LogP contribution in [-0.4, -0.2) is 23.3 Å². The number of nitrogens with zero attached hydrogens (tertiary/aromatic N) is 1. The van der Waals surface area contributed by atoms with E-state index in [1.54, 1.807) is 4.90 Å². The van der Waals surface area contributed by atoms with Crippen molar-refractivity contribution in [3.05, 3.63) is 29.8 Å². The highest BCUT2D eigenvalue weighted by molar-refractivity contribution is 5.96. The van der Waals surface area contributed by atoms with Gasteiger partial charge in [-0.2, -0.15) is 0 Å². The van der Waals surface area contributed by atoms with Gasteiger partial charge in [0.2, 0.25) is 11.8 Å². The Morgan fingerprint density at radius 1 is 1.14 bits per heavy atom. The van der Waals surface area contributed by atoms with Crippen LogP contribution in [0.15, 0.2) is 24.3 Å². The molecule has 3 unspecified atom stereocenters. The van der Waals surface area contributed by atoms with E-state index in [0.29, 0.717) is 12.5 Å². The van der Waals surface area contributed by atoms with Crippen LogP contribution in [-0.2, 0) is 16.1 Å². The van der Waals surface area contributed by atoms with Gasteiger partial charge in [-0.15, -0.1) is 0 Å². The largest absolute Gasteiger partial charge is 0.329 e. The summed E-state index contributed by atoms with van der Waals surface area (Å²) in [5, 5.41) is 2.90. The number of hydrogen-bond donors (Lipinski definition) is 1. The highest BCUT2D eigenvalue weighted by Crippen LogP contribution is 2.49. The molecule has 0 radical (unpaired) electrons. The molecule has 2 bridgehead atoms. The summed E-state index contributed by atoms with van der Waals surface area (Å²) >= 11 is 0. The minimum atomic E-state index is -0.0866. The van der Waals surface area contributed by atoms with Crippen LogP contribution in [0, 0.1) is 17.8 Å². The Kier molecular flexibility index (Phi) is 2.98. The Labute approximate surface area is 124 Å². The molecule has 21 heavy (non-hydrogen) atoms. The van der Waals surface area contributed by atoms with Gasteiger partial charge in [-0.1, -0.05) is 24.6 Å². The van der Waals surface area contributed by atoms with Crippen molar-refractivity contribution < 1.29 is 9.59 Å². The lowest BCUT2D eigenvalue weighted by Gasteiger charge is -2.28. The molecular formula is C17H20N2O2. The van der Waals surface area contributed by atoms with E-state index in [1.165, 1.54) is 19.3 Å². The molecule has 4 nitrogen and oxygen atoms in total. The van der Waals surface area contributed by atoms with Crippen molar-refractivity contribution in [2.75, 3.05) is 11.9 Å². The van der Waals surface area contributed by atoms with Gasteiger partial charge >= 0.3 is 0 Å². The van der Waals surface area contributed by atoms with E-state index in [4.69, 9.17) is 0 Å². The van der Waals surface area contributed by atoms with Crippen molar-refractivity contribution >= 4 is 17.5 Å². The van der Waals surface area contributed by atoms with Crippen LogP contribution < -0.4 is 5.32 Å². The first-order valence-corrected chi connectivity index (χ1v) is 7.87. The van der Waals surface area contributed by atoms with E-state index >= 15 is 0 Å². The lowest BCUT2D eigenvalue weighted by Crippen LogP contribution is -2.40. The molecule has 2 saturated carbocycles. The van der Waals surface area contributed by atoms with E-state index in [-0.39, 0.29) is 24.3 Å². The first-order valence-electron chi connectivity index (χ1n) is 7.87. The Morgan fingerprint density at radius 2 is 2.00 bits per heavy atom. The zero-order chi connectivity index (χ0) is 14.4. The van der Waals surface area contributed by atoms with Gasteiger partial charge in [0.05, 0.1) is 0 Å². The van der Waals surface area contributed by atoms with E-state index < -0.39 is 0 Å². The maximum Gasteiger partial charge on any atom is 0.244 e. The maximum atomic E-state index is 12.8. The normalized spacial score (nSPS) is 30.8. The number of benzene rings is 1. The number of rotatable bonds is 1. The monoisotopic (exact) mass is 284 g/mol. The van der Waals surface area contributed by atoms with Crippen LogP contribution in [0.5, 0.6) is 0 Å². The number of para-hydroxylation sites is 1. The van der Waals surface area contributed by atoms with E-state index in [2.05, 4.69) is 5.32 Å². The second kappa shape index (κ2) is 4.86. The topological polar surface area (TPSA) is 49.4 Å². The molecule has 4 heteroatoms. The number of carbonyl (C=O) groups is 2. The molecule has 1 aliphatic heterocycles. The number of carbonyl (C=O) groups excluding carboxylic acids is 2. The molecule has 0 saturated heterocycles. The molecule has 110 valence electrons. The second-order valence-electron chi connectivity index (χ2n) is 6.68. The first-order chi connectivity index (χ1) is 10.2. The molecule has 1 heterocycles. The Balaban J connectivity index is 1.57. The summed E-state index contributed by atoms with van der Waals surface area (Å²) in [6.07, 6.45) is 4.73. The minimum Gasteiger partial charge on any atom is -0.329 e. The summed E-state index contributed by atoms with van der Waals surface area (Å²) in [5.41, 5.74) is 1.87. The summed E-state index contributed by atoms with van der Waals surface area (Å²) in [5.74, 6) is 1.56. The molecule has 2 fully saturated rings. The zero-order valence-corrected chi connectivity index (χ0v) is 12.0. The van der Waals surface area contributed by atoms with Crippen molar-refractivity contribution in [2.45, 2.75) is 32.2 Å². The third kappa shape index (κ3) is 2.23. The predicted octanol–water partition coefficient (Wildman–Crippen LogP) is 2.40. The fourth-order valence-corrected chi connectivity index (χ4v) is 4.34. The zero-order valence-electron chi connectivity index (χ0n) is 12.0. The summed E-state index contributed by atoms with van der Waals surface area (Å²) < 4.78 is 0. The van der Waals surface area contributed by atoms with Gasteiger partial charge in [-0.25, -0.2) is 0 Å². The van der Waals surface area contributed by atoms with E-state index in [1.807, 2.05) is 24.3 Å². The minimum absolute atomic E-state index is 0.0866. The Hall–Kier alpha value is -1.84. The first kappa shape index (κ1) is 12.9. The standard InChI is InChI=1S/C17H20N2O2/c20-16-10-19(9-13-3-1-2-4-15(13)18-16)17(21)14-8-11-5-6-12(14)7-11/h1-4,11-12,14H,5-10H2,(H,18,20). The highest BCUT2D eigenvalue weighted by atomic mass is 16.2. The molecule has 2 amide bonds. The molecular weight excluding hydrogens is 264 g/mol. The van der Waals surface area contributed by atoms with Crippen LogP contribution in [0.1, 0.15) is 31.2 Å². The van der Waals surface area contributed by atoms with Crippen LogP contribution in [0.2, 0.25) is 0 Å². The summed E-state index contributed by atoms with van der Waals surface area (Å²) in [7, 11) is 0. The molecule has 3 aliphatic rings. The molecule has 0 spiro atoms.